The quantitative estimate of drug-likeness (QED) is 0.654. The summed E-state index contributed by atoms with van der Waals surface area (Å²) in [6.07, 6.45) is 4.00. The fourth-order valence-corrected chi connectivity index (χ4v) is 4.01. The maximum atomic E-state index is 6.39. The van der Waals surface area contributed by atoms with Gasteiger partial charge in [-0.15, -0.1) is 0 Å². The summed E-state index contributed by atoms with van der Waals surface area (Å²) in [6.45, 7) is 5.72. The lowest BCUT2D eigenvalue weighted by Gasteiger charge is -2.25. The molecule has 2 aromatic heterocycles. The van der Waals surface area contributed by atoms with Crippen LogP contribution in [0.4, 0.5) is 0 Å². The highest BCUT2D eigenvalue weighted by Crippen LogP contribution is 2.39. The number of hydrogen-bond donors (Lipinski definition) is 1. The summed E-state index contributed by atoms with van der Waals surface area (Å²) in [5.74, 6) is 0.791. The fourth-order valence-electron chi connectivity index (χ4n) is 3.63. The van der Waals surface area contributed by atoms with Crippen LogP contribution in [0.15, 0.2) is 28.9 Å². The van der Waals surface area contributed by atoms with E-state index < -0.39 is 0 Å². The molecule has 1 aliphatic heterocycles. The molecule has 1 saturated heterocycles. The molecule has 1 N–H and O–H groups in total. The lowest BCUT2D eigenvalue weighted by molar-refractivity contribution is 0.244. The van der Waals surface area contributed by atoms with Gasteiger partial charge in [0.05, 0.1) is 39.2 Å². The average molecular weight is 391 g/mol. The number of benzene rings is 1. The number of rotatable bonds is 4. The van der Waals surface area contributed by atoms with Gasteiger partial charge in [-0.25, -0.2) is 0 Å². The van der Waals surface area contributed by atoms with Crippen molar-refractivity contribution in [3.63, 3.8) is 0 Å². The van der Waals surface area contributed by atoms with Crippen LogP contribution < -0.4 is 0 Å². The summed E-state index contributed by atoms with van der Waals surface area (Å²) in [4.78, 5) is 2.41. The molecule has 0 amide bonds. The molecule has 1 fully saturated rings. The van der Waals surface area contributed by atoms with Crippen LogP contribution in [0.2, 0.25) is 10.0 Å². The predicted octanol–water partition coefficient (Wildman–Crippen LogP) is 5.33. The summed E-state index contributed by atoms with van der Waals surface area (Å²) >= 11 is 12.6. The van der Waals surface area contributed by atoms with Gasteiger partial charge in [0.15, 0.2) is 5.76 Å². The zero-order chi connectivity index (χ0) is 18.3. The Bertz CT molecular complexity index is 934. The van der Waals surface area contributed by atoms with E-state index in [2.05, 4.69) is 20.3 Å². The average Bonchev–Trinajstić information content (AvgIpc) is 3.33. The highest BCUT2D eigenvalue weighted by atomic mass is 35.5. The molecule has 1 aliphatic rings. The Balaban J connectivity index is 1.65. The minimum atomic E-state index is 0.229. The van der Waals surface area contributed by atoms with Crippen molar-refractivity contribution >= 4 is 23.2 Å². The lowest BCUT2D eigenvalue weighted by atomic mass is 10.0. The molecule has 0 aliphatic carbocycles. The highest BCUT2D eigenvalue weighted by Gasteiger charge is 2.31. The van der Waals surface area contributed by atoms with E-state index >= 15 is 0 Å². The van der Waals surface area contributed by atoms with Crippen molar-refractivity contribution in [1.82, 2.24) is 20.3 Å². The first kappa shape index (κ1) is 17.6. The van der Waals surface area contributed by atoms with Gasteiger partial charge in [-0.05, 0) is 44.9 Å². The summed E-state index contributed by atoms with van der Waals surface area (Å²) in [5, 5.41) is 12.8. The molecule has 0 saturated carbocycles. The molecule has 136 valence electrons. The van der Waals surface area contributed by atoms with E-state index in [0.29, 0.717) is 10.0 Å². The molecule has 0 bridgehead atoms. The molecule has 3 heterocycles. The Morgan fingerprint density at radius 1 is 1.31 bits per heavy atom. The van der Waals surface area contributed by atoms with Gasteiger partial charge in [0.25, 0.3) is 0 Å². The van der Waals surface area contributed by atoms with Gasteiger partial charge in [-0.3, -0.25) is 10.00 Å². The number of nitrogens with one attached hydrogen (secondary N) is 1. The zero-order valence-corrected chi connectivity index (χ0v) is 16.2. The van der Waals surface area contributed by atoms with Gasteiger partial charge in [0.1, 0.15) is 0 Å². The van der Waals surface area contributed by atoms with Crippen LogP contribution in [-0.2, 0) is 6.54 Å². The van der Waals surface area contributed by atoms with Gasteiger partial charge in [0, 0.05) is 12.1 Å². The lowest BCUT2D eigenvalue weighted by Crippen LogP contribution is -2.23. The van der Waals surface area contributed by atoms with Crippen LogP contribution in [0.1, 0.15) is 41.4 Å². The van der Waals surface area contributed by atoms with Crippen LogP contribution >= 0.6 is 23.2 Å². The third kappa shape index (κ3) is 3.04. The molecule has 1 aromatic carbocycles. The number of H-pyrrole nitrogens is 1. The number of hydrogen-bond acceptors (Lipinski definition) is 4. The van der Waals surface area contributed by atoms with E-state index in [-0.39, 0.29) is 6.04 Å². The highest BCUT2D eigenvalue weighted by molar-refractivity contribution is 6.42. The monoisotopic (exact) mass is 390 g/mol. The third-order valence-electron chi connectivity index (χ3n) is 5.17. The smallest absolute Gasteiger partial charge is 0.173 e. The van der Waals surface area contributed by atoms with Gasteiger partial charge >= 0.3 is 0 Å². The normalized spacial score (nSPS) is 17.9. The van der Waals surface area contributed by atoms with Gasteiger partial charge in [-0.2, -0.15) is 5.10 Å². The number of aromatic nitrogens is 3. The first-order valence-electron chi connectivity index (χ1n) is 8.69. The van der Waals surface area contributed by atoms with Crippen molar-refractivity contribution in [3.05, 3.63) is 57.0 Å². The molecule has 0 unspecified atom stereocenters. The molecule has 7 heteroatoms. The van der Waals surface area contributed by atoms with Gasteiger partial charge in [-0.1, -0.05) is 40.5 Å². The third-order valence-corrected chi connectivity index (χ3v) is 6.03. The SMILES string of the molecule is Cc1noc(-c2cn[nH]c2[C@@H]2CCCN2Cc2cccc(Cl)c2Cl)c1C. The first-order chi connectivity index (χ1) is 12.6. The number of nitrogens with zero attached hydrogens (tertiary/aromatic N) is 3. The van der Waals surface area contributed by atoms with Crippen LogP contribution in [0, 0.1) is 13.8 Å². The van der Waals surface area contributed by atoms with Crippen molar-refractivity contribution in [2.45, 2.75) is 39.3 Å². The second kappa shape index (κ2) is 7.06. The summed E-state index contributed by atoms with van der Waals surface area (Å²) in [7, 11) is 0. The summed E-state index contributed by atoms with van der Waals surface area (Å²) in [6, 6.07) is 6.02. The minimum Gasteiger partial charge on any atom is -0.356 e. The maximum absolute atomic E-state index is 6.39. The van der Waals surface area contributed by atoms with Crippen molar-refractivity contribution in [2.75, 3.05) is 6.54 Å². The number of likely N-dealkylation sites (tertiary alicyclic amines) is 1. The second-order valence-electron chi connectivity index (χ2n) is 6.76. The van der Waals surface area contributed by atoms with E-state index in [1.54, 1.807) is 0 Å². The molecule has 3 aromatic rings. The summed E-state index contributed by atoms with van der Waals surface area (Å²) in [5.41, 5.74) is 5.05. The van der Waals surface area contributed by atoms with Gasteiger partial charge in [0.2, 0.25) is 0 Å². The van der Waals surface area contributed by atoms with E-state index in [4.69, 9.17) is 27.7 Å². The summed E-state index contributed by atoms with van der Waals surface area (Å²) < 4.78 is 5.56. The minimum absolute atomic E-state index is 0.229. The van der Waals surface area contributed by atoms with Crippen molar-refractivity contribution < 1.29 is 4.52 Å². The van der Waals surface area contributed by atoms with E-state index in [0.717, 1.165) is 59.8 Å². The second-order valence-corrected chi connectivity index (χ2v) is 7.55. The van der Waals surface area contributed by atoms with Crippen molar-refractivity contribution in [2.24, 2.45) is 0 Å². The van der Waals surface area contributed by atoms with Crippen LogP contribution in [0.3, 0.4) is 0 Å². The number of aromatic amines is 1. The van der Waals surface area contributed by atoms with E-state index in [1.165, 1.54) is 0 Å². The Morgan fingerprint density at radius 3 is 2.92 bits per heavy atom. The fraction of sp³-hybridized carbons (Fsp3) is 0.368. The molecule has 4 rings (SSSR count). The Labute approximate surface area is 162 Å². The Morgan fingerprint density at radius 2 is 2.15 bits per heavy atom. The Kier molecular flexibility index (Phi) is 4.78. The zero-order valence-electron chi connectivity index (χ0n) is 14.7. The maximum Gasteiger partial charge on any atom is 0.173 e. The molecule has 0 radical (unpaired) electrons. The predicted molar refractivity (Wildman–Crippen MR) is 102 cm³/mol. The van der Waals surface area contributed by atoms with Crippen LogP contribution in [0.25, 0.3) is 11.3 Å². The molecular weight excluding hydrogens is 371 g/mol. The van der Waals surface area contributed by atoms with Crippen LogP contribution in [0.5, 0.6) is 0 Å². The standard InChI is InChI=1S/C19H20Cl2N4O/c1-11-12(2)24-26-19(11)14-9-22-23-18(14)16-7-4-8-25(16)10-13-5-3-6-15(20)17(13)21/h3,5-6,9,16H,4,7-8,10H2,1-2H3,(H,22,23)/t16-/m0/s1. The van der Waals surface area contributed by atoms with Crippen LogP contribution in [-0.4, -0.2) is 26.8 Å². The Hall–Kier alpha value is -1.82. The molecule has 26 heavy (non-hydrogen) atoms. The number of halogens is 2. The van der Waals surface area contributed by atoms with Gasteiger partial charge < -0.3 is 4.52 Å². The molecule has 0 spiro atoms. The molecule has 5 nitrogen and oxygen atoms in total. The topological polar surface area (TPSA) is 58.0 Å². The van der Waals surface area contributed by atoms with E-state index in [1.807, 2.05) is 38.2 Å². The van der Waals surface area contributed by atoms with Crippen molar-refractivity contribution in [1.29, 1.82) is 0 Å². The first-order valence-corrected chi connectivity index (χ1v) is 9.45. The molecular formula is C19H20Cl2N4O. The number of aryl methyl sites for hydroxylation is 1. The molecule has 1 atom stereocenters. The van der Waals surface area contributed by atoms with Crippen molar-refractivity contribution in [3.8, 4) is 11.3 Å². The largest absolute Gasteiger partial charge is 0.356 e. The van der Waals surface area contributed by atoms with E-state index in [9.17, 15) is 0 Å².